The van der Waals surface area contributed by atoms with Crippen LogP contribution >= 0.6 is 22.3 Å². The van der Waals surface area contributed by atoms with E-state index in [1.165, 1.54) is 6.92 Å². The number of hydrogen-bond acceptors (Lipinski definition) is 3. The molecule has 0 saturated carbocycles. The largest absolute Gasteiger partial charge is 0.278 e. The zero-order valence-corrected chi connectivity index (χ0v) is 9.67. The van der Waals surface area contributed by atoms with Crippen LogP contribution in [0.2, 0.25) is 5.15 Å². The molecule has 0 atom stereocenters. The lowest BCUT2D eigenvalue weighted by molar-refractivity contribution is 0.150. The smallest absolute Gasteiger partial charge is 0.223 e. The summed E-state index contributed by atoms with van der Waals surface area (Å²) >= 11 is 5.50. The summed E-state index contributed by atoms with van der Waals surface area (Å²) in [5, 5.41) is -0.970. The highest BCUT2D eigenvalue weighted by molar-refractivity contribution is 8.13. The van der Waals surface area contributed by atoms with Crippen molar-refractivity contribution in [3.63, 3.8) is 0 Å². The van der Waals surface area contributed by atoms with E-state index in [1.54, 1.807) is 0 Å². The van der Waals surface area contributed by atoms with Gasteiger partial charge in [0, 0.05) is 16.2 Å². The van der Waals surface area contributed by atoms with E-state index >= 15 is 0 Å². The van der Waals surface area contributed by atoms with E-state index in [9.17, 15) is 17.2 Å². The third kappa shape index (κ3) is 2.76. The van der Waals surface area contributed by atoms with Crippen LogP contribution < -0.4 is 0 Å². The highest BCUT2D eigenvalue weighted by atomic mass is 35.7. The number of rotatable bonds is 2. The Labute approximate surface area is 94.4 Å². The number of pyridine rings is 1. The van der Waals surface area contributed by atoms with E-state index in [2.05, 4.69) is 4.98 Å². The molecule has 0 fully saturated rings. The van der Waals surface area contributed by atoms with Gasteiger partial charge in [0.25, 0.3) is 15.5 Å². The van der Waals surface area contributed by atoms with Gasteiger partial charge in [-0.1, -0.05) is 11.6 Å². The monoisotopic (exact) mass is 275 g/mol. The maximum absolute atomic E-state index is 12.5. The highest BCUT2D eigenvalue weighted by Gasteiger charge is 2.20. The summed E-state index contributed by atoms with van der Waals surface area (Å²) < 4.78 is 46.6. The molecule has 0 N–H and O–H groups in total. The Bertz CT molecular complexity index is 490. The number of nitrogens with zero attached hydrogens (tertiary/aromatic N) is 1. The van der Waals surface area contributed by atoms with Crippen LogP contribution in [0.1, 0.15) is 17.6 Å². The Morgan fingerprint density at radius 3 is 2.40 bits per heavy atom. The second kappa shape index (κ2) is 4.19. The van der Waals surface area contributed by atoms with Crippen molar-refractivity contribution in [1.29, 1.82) is 0 Å². The maximum atomic E-state index is 12.5. The quantitative estimate of drug-likeness (QED) is 0.616. The fraction of sp³-hybridized carbons (Fsp3) is 0.286. The first-order chi connectivity index (χ1) is 6.73. The average Bonchev–Trinajstić information content (AvgIpc) is 2.06. The summed E-state index contributed by atoms with van der Waals surface area (Å²) in [5.41, 5.74) is -0.454. The van der Waals surface area contributed by atoms with Crippen LogP contribution in [0.5, 0.6) is 0 Å². The zero-order valence-electron chi connectivity index (χ0n) is 7.34. The van der Waals surface area contributed by atoms with Crippen molar-refractivity contribution < 1.29 is 17.2 Å². The highest BCUT2D eigenvalue weighted by Crippen LogP contribution is 2.29. The van der Waals surface area contributed by atoms with Crippen LogP contribution in [0.3, 0.4) is 0 Å². The molecule has 0 aliphatic rings. The number of halogens is 4. The second-order valence-corrected chi connectivity index (χ2v) is 5.57. The van der Waals surface area contributed by atoms with Crippen LogP contribution in [0.25, 0.3) is 0 Å². The van der Waals surface area contributed by atoms with E-state index in [-0.39, 0.29) is 10.7 Å². The summed E-state index contributed by atoms with van der Waals surface area (Å²) in [6, 6.07) is 0.716. The van der Waals surface area contributed by atoms with Gasteiger partial charge in [-0.2, -0.15) is 0 Å². The summed E-state index contributed by atoms with van der Waals surface area (Å²) in [5.74, 6) is 0. The van der Waals surface area contributed by atoms with Crippen molar-refractivity contribution in [2.45, 2.75) is 18.4 Å². The normalized spacial score (nSPS) is 12.1. The Kier molecular flexibility index (Phi) is 3.52. The first-order valence-electron chi connectivity index (χ1n) is 3.63. The molecule has 15 heavy (non-hydrogen) atoms. The summed E-state index contributed by atoms with van der Waals surface area (Å²) in [6.45, 7) is 1.32. The van der Waals surface area contributed by atoms with Gasteiger partial charge in [-0.15, -0.1) is 0 Å². The van der Waals surface area contributed by atoms with Gasteiger partial charge in [-0.05, 0) is 18.6 Å². The summed E-state index contributed by atoms with van der Waals surface area (Å²) in [6.07, 6.45) is -2.83. The molecule has 3 nitrogen and oxygen atoms in total. The number of aromatic nitrogens is 1. The Balaban J connectivity index is 3.50. The van der Waals surface area contributed by atoms with Crippen LogP contribution in [0.15, 0.2) is 11.1 Å². The van der Waals surface area contributed by atoms with Crippen LogP contribution in [0.4, 0.5) is 8.78 Å². The van der Waals surface area contributed by atoms with Gasteiger partial charge in [0.05, 0.1) is 0 Å². The molecule has 0 bridgehead atoms. The maximum Gasteiger partial charge on any atom is 0.278 e. The lowest BCUT2D eigenvalue weighted by Crippen LogP contribution is -2.01. The van der Waals surface area contributed by atoms with Crippen molar-refractivity contribution in [3.8, 4) is 0 Å². The molecule has 1 heterocycles. The second-order valence-electron chi connectivity index (χ2n) is 2.70. The van der Waals surface area contributed by atoms with Gasteiger partial charge in [0.2, 0.25) is 0 Å². The molecule has 84 valence electrons. The van der Waals surface area contributed by atoms with Crippen molar-refractivity contribution in [2.24, 2.45) is 0 Å². The standard InChI is InChI=1S/C7H5Cl2F2NO2S/c1-3-4(7(10)11)2-5(12-6(3)8)15(9,13)14/h2,7H,1H3. The van der Waals surface area contributed by atoms with Crippen molar-refractivity contribution in [1.82, 2.24) is 4.98 Å². The van der Waals surface area contributed by atoms with Crippen molar-refractivity contribution in [3.05, 3.63) is 22.3 Å². The van der Waals surface area contributed by atoms with Crippen molar-refractivity contribution in [2.75, 3.05) is 0 Å². The van der Waals surface area contributed by atoms with E-state index in [0.717, 1.165) is 0 Å². The van der Waals surface area contributed by atoms with Gasteiger partial charge in [-0.3, -0.25) is 0 Å². The first-order valence-corrected chi connectivity index (χ1v) is 6.32. The molecular weight excluding hydrogens is 271 g/mol. The van der Waals surface area contributed by atoms with E-state index in [4.69, 9.17) is 22.3 Å². The lowest BCUT2D eigenvalue weighted by Gasteiger charge is -2.07. The lowest BCUT2D eigenvalue weighted by atomic mass is 10.2. The van der Waals surface area contributed by atoms with Gasteiger partial charge >= 0.3 is 0 Å². The first kappa shape index (κ1) is 12.6. The summed E-state index contributed by atoms with van der Waals surface area (Å²) in [4.78, 5) is 3.40. The molecule has 0 unspecified atom stereocenters. The van der Waals surface area contributed by atoms with E-state index in [1.807, 2.05) is 0 Å². The van der Waals surface area contributed by atoms with Crippen LogP contribution in [0, 0.1) is 6.92 Å². The van der Waals surface area contributed by atoms with Crippen LogP contribution in [-0.4, -0.2) is 13.4 Å². The topological polar surface area (TPSA) is 47.0 Å². The number of alkyl halides is 2. The van der Waals surface area contributed by atoms with Gasteiger partial charge < -0.3 is 0 Å². The molecule has 1 aromatic rings. The average molecular weight is 276 g/mol. The molecule has 1 aromatic heterocycles. The van der Waals surface area contributed by atoms with Crippen LogP contribution in [-0.2, 0) is 9.05 Å². The van der Waals surface area contributed by atoms with E-state index in [0.29, 0.717) is 6.07 Å². The SMILES string of the molecule is Cc1c(C(F)F)cc(S(=O)(=O)Cl)nc1Cl. The molecule has 8 heteroatoms. The molecule has 0 aliphatic carbocycles. The predicted molar refractivity (Wildman–Crippen MR) is 52.0 cm³/mol. The molecule has 0 aromatic carbocycles. The summed E-state index contributed by atoms with van der Waals surface area (Å²) in [7, 11) is 0.811. The van der Waals surface area contributed by atoms with Crippen molar-refractivity contribution >= 4 is 31.3 Å². The fourth-order valence-corrected chi connectivity index (χ4v) is 1.88. The molecule has 0 radical (unpaired) electrons. The fourth-order valence-electron chi connectivity index (χ4n) is 0.925. The predicted octanol–water partition coefficient (Wildman–Crippen LogP) is 2.91. The van der Waals surface area contributed by atoms with Gasteiger partial charge in [0.1, 0.15) is 5.15 Å². The zero-order chi connectivity index (χ0) is 11.8. The Morgan fingerprint density at radius 2 is 2.00 bits per heavy atom. The molecule has 0 spiro atoms. The van der Waals surface area contributed by atoms with Gasteiger partial charge in [-0.25, -0.2) is 22.2 Å². The van der Waals surface area contributed by atoms with Gasteiger partial charge in [0.15, 0.2) is 5.03 Å². The molecule has 0 saturated heterocycles. The molecule has 0 amide bonds. The Hall–Kier alpha value is -0.460. The molecule has 1 rings (SSSR count). The molecular formula is C7H5Cl2F2NO2S. The minimum absolute atomic E-state index is 0.0377. The number of hydrogen-bond donors (Lipinski definition) is 0. The minimum atomic E-state index is -4.15. The molecule has 0 aliphatic heterocycles. The Morgan fingerprint density at radius 1 is 1.47 bits per heavy atom. The third-order valence-electron chi connectivity index (χ3n) is 1.71. The van der Waals surface area contributed by atoms with E-state index < -0.39 is 26.1 Å². The third-order valence-corrected chi connectivity index (χ3v) is 3.27. The minimum Gasteiger partial charge on any atom is -0.223 e.